The van der Waals surface area contributed by atoms with Gasteiger partial charge in [-0.05, 0) is 25.6 Å². The first kappa shape index (κ1) is 17.0. The summed E-state index contributed by atoms with van der Waals surface area (Å²) in [7, 11) is 1.94. The fourth-order valence-electron chi connectivity index (χ4n) is 3.37. The minimum Gasteiger partial charge on any atom is -0.369 e. The van der Waals surface area contributed by atoms with Crippen LogP contribution >= 0.6 is 0 Å². The van der Waals surface area contributed by atoms with Gasteiger partial charge in [0.2, 0.25) is 5.91 Å². The van der Waals surface area contributed by atoms with Gasteiger partial charge in [0.15, 0.2) is 0 Å². The predicted octanol–water partition coefficient (Wildman–Crippen LogP) is 0.571. The van der Waals surface area contributed by atoms with Crippen LogP contribution in [0.15, 0.2) is 6.20 Å². The van der Waals surface area contributed by atoms with E-state index in [1.54, 1.807) is 0 Å². The Morgan fingerprint density at radius 2 is 2.09 bits per heavy atom. The number of nitrogens with two attached hydrogens (primary N) is 1. The zero-order valence-electron chi connectivity index (χ0n) is 14.2. The summed E-state index contributed by atoms with van der Waals surface area (Å²) in [6, 6.07) is 0. The highest BCUT2D eigenvalue weighted by molar-refractivity contribution is 5.78. The van der Waals surface area contributed by atoms with Crippen molar-refractivity contribution in [3.63, 3.8) is 0 Å². The van der Waals surface area contributed by atoms with Crippen molar-refractivity contribution >= 4 is 5.91 Å². The van der Waals surface area contributed by atoms with Gasteiger partial charge in [0, 0.05) is 44.8 Å². The third kappa shape index (κ3) is 3.50. The minimum atomic E-state index is -0.196. The largest absolute Gasteiger partial charge is 0.369 e. The van der Waals surface area contributed by atoms with Crippen molar-refractivity contribution < 1.29 is 4.79 Å². The van der Waals surface area contributed by atoms with E-state index in [2.05, 4.69) is 35.7 Å². The lowest BCUT2D eigenvalue weighted by Gasteiger charge is -2.22. The number of likely N-dealkylation sites (tertiary alicyclic amines) is 1. The van der Waals surface area contributed by atoms with Crippen molar-refractivity contribution in [1.29, 1.82) is 0 Å². The summed E-state index contributed by atoms with van der Waals surface area (Å²) in [5, 5.41) is 4.32. The molecule has 1 aromatic heterocycles. The van der Waals surface area contributed by atoms with E-state index in [9.17, 15) is 4.79 Å². The Labute approximate surface area is 133 Å². The standard InChI is InChI=1S/C16H29N5O/c1-5-20(6-2)7-8-21-10-14(15(11-21)16(17)22)13-9-18-19(4)12(13)3/h9,14-15H,5-8,10-11H2,1-4H3,(H2,17,22)/t14-,15+/m1/s1. The monoisotopic (exact) mass is 307 g/mol. The van der Waals surface area contributed by atoms with Crippen LogP contribution in [0.25, 0.3) is 0 Å². The summed E-state index contributed by atoms with van der Waals surface area (Å²) < 4.78 is 1.87. The number of hydrogen-bond acceptors (Lipinski definition) is 4. The van der Waals surface area contributed by atoms with Crippen molar-refractivity contribution in [2.45, 2.75) is 26.7 Å². The maximum atomic E-state index is 11.9. The molecular weight excluding hydrogens is 278 g/mol. The zero-order chi connectivity index (χ0) is 16.3. The van der Waals surface area contributed by atoms with Crippen LogP contribution in [0.2, 0.25) is 0 Å². The maximum absolute atomic E-state index is 11.9. The SMILES string of the molecule is CCN(CC)CCN1C[C@H](C(N)=O)[C@@H](c2cnn(C)c2C)C1. The van der Waals surface area contributed by atoms with Crippen molar-refractivity contribution in [1.82, 2.24) is 19.6 Å². The normalized spacial score (nSPS) is 22.6. The van der Waals surface area contributed by atoms with Crippen LogP contribution in [0.3, 0.4) is 0 Å². The van der Waals surface area contributed by atoms with Crippen molar-refractivity contribution in [3.05, 3.63) is 17.5 Å². The van der Waals surface area contributed by atoms with Gasteiger partial charge in [0.1, 0.15) is 0 Å². The van der Waals surface area contributed by atoms with Crippen molar-refractivity contribution in [2.75, 3.05) is 39.3 Å². The average Bonchev–Trinajstić information content (AvgIpc) is 3.05. The fraction of sp³-hybridized carbons (Fsp3) is 0.750. The Kier molecular flexibility index (Phi) is 5.58. The van der Waals surface area contributed by atoms with E-state index in [1.807, 2.05) is 17.9 Å². The van der Waals surface area contributed by atoms with Crippen LogP contribution in [0, 0.1) is 12.8 Å². The van der Waals surface area contributed by atoms with E-state index in [4.69, 9.17) is 5.73 Å². The zero-order valence-corrected chi connectivity index (χ0v) is 14.2. The number of carbonyl (C=O) groups is 1. The highest BCUT2D eigenvalue weighted by atomic mass is 16.1. The molecule has 0 radical (unpaired) electrons. The van der Waals surface area contributed by atoms with Gasteiger partial charge >= 0.3 is 0 Å². The molecular formula is C16H29N5O. The van der Waals surface area contributed by atoms with E-state index in [0.717, 1.165) is 50.5 Å². The molecule has 1 saturated heterocycles. The molecule has 0 aromatic carbocycles. The second-order valence-electron chi connectivity index (χ2n) is 6.21. The summed E-state index contributed by atoms with van der Waals surface area (Å²) in [6.07, 6.45) is 1.89. The molecule has 124 valence electrons. The molecule has 0 unspecified atom stereocenters. The number of aromatic nitrogens is 2. The molecule has 2 heterocycles. The summed E-state index contributed by atoms with van der Waals surface area (Å²) in [5.74, 6) is -0.138. The third-order valence-corrected chi connectivity index (χ3v) is 5.06. The Morgan fingerprint density at radius 3 is 2.59 bits per heavy atom. The summed E-state index contributed by atoms with van der Waals surface area (Å²) in [5.41, 5.74) is 7.94. The predicted molar refractivity (Wildman–Crippen MR) is 87.6 cm³/mol. The van der Waals surface area contributed by atoms with E-state index < -0.39 is 0 Å². The van der Waals surface area contributed by atoms with E-state index in [0.29, 0.717) is 0 Å². The Bertz CT molecular complexity index is 509. The van der Waals surface area contributed by atoms with Crippen LogP contribution in [0.1, 0.15) is 31.0 Å². The summed E-state index contributed by atoms with van der Waals surface area (Å²) in [4.78, 5) is 16.6. The van der Waals surface area contributed by atoms with Gasteiger partial charge in [-0.15, -0.1) is 0 Å². The topological polar surface area (TPSA) is 67.4 Å². The Balaban J connectivity index is 2.07. The molecule has 6 heteroatoms. The van der Waals surface area contributed by atoms with Crippen LogP contribution in [0.5, 0.6) is 0 Å². The number of nitrogens with zero attached hydrogens (tertiary/aromatic N) is 4. The number of hydrogen-bond donors (Lipinski definition) is 1. The molecule has 6 nitrogen and oxygen atoms in total. The van der Waals surface area contributed by atoms with E-state index in [1.165, 1.54) is 0 Å². The van der Waals surface area contributed by atoms with Gasteiger partial charge in [0.05, 0.1) is 12.1 Å². The number of carbonyl (C=O) groups excluding carboxylic acids is 1. The number of aryl methyl sites for hydroxylation is 1. The lowest BCUT2D eigenvalue weighted by Crippen LogP contribution is -2.35. The molecule has 2 rings (SSSR count). The molecule has 2 N–H and O–H groups in total. The number of primary amides is 1. The van der Waals surface area contributed by atoms with Crippen molar-refractivity contribution in [2.24, 2.45) is 18.7 Å². The molecule has 0 saturated carbocycles. The molecule has 1 aromatic rings. The second-order valence-corrected chi connectivity index (χ2v) is 6.21. The molecule has 1 fully saturated rings. The van der Waals surface area contributed by atoms with Gasteiger partial charge in [-0.25, -0.2) is 0 Å². The number of amides is 1. The Morgan fingerprint density at radius 1 is 1.41 bits per heavy atom. The molecule has 2 atom stereocenters. The van der Waals surface area contributed by atoms with Crippen molar-refractivity contribution in [3.8, 4) is 0 Å². The van der Waals surface area contributed by atoms with Crippen LogP contribution < -0.4 is 5.73 Å². The first-order chi connectivity index (χ1) is 10.5. The second kappa shape index (κ2) is 7.24. The van der Waals surface area contributed by atoms with Gasteiger partial charge in [-0.2, -0.15) is 5.10 Å². The van der Waals surface area contributed by atoms with Crippen LogP contribution in [0.4, 0.5) is 0 Å². The molecule has 1 aliphatic heterocycles. The lowest BCUT2D eigenvalue weighted by molar-refractivity contribution is -0.121. The molecule has 1 amide bonds. The van der Waals surface area contributed by atoms with Gasteiger partial charge in [-0.1, -0.05) is 13.8 Å². The first-order valence-corrected chi connectivity index (χ1v) is 8.20. The Hall–Kier alpha value is -1.40. The highest BCUT2D eigenvalue weighted by Crippen LogP contribution is 2.33. The lowest BCUT2D eigenvalue weighted by atomic mass is 9.89. The molecule has 0 bridgehead atoms. The molecule has 0 spiro atoms. The fourth-order valence-corrected chi connectivity index (χ4v) is 3.37. The molecule has 22 heavy (non-hydrogen) atoms. The van der Waals surface area contributed by atoms with Crippen LogP contribution in [-0.2, 0) is 11.8 Å². The quantitative estimate of drug-likeness (QED) is 0.800. The van der Waals surface area contributed by atoms with Gasteiger partial charge in [-0.3, -0.25) is 9.48 Å². The van der Waals surface area contributed by atoms with Crippen LogP contribution in [-0.4, -0.2) is 64.8 Å². The van der Waals surface area contributed by atoms with Gasteiger partial charge < -0.3 is 15.5 Å². The highest BCUT2D eigenvalue weighted by Gasteiger charge is 2.38. The van der Waals surface area contributed by atoms with Gasteiger partial charge in [0.25, 0.3) is 0 Å². The smallest absolute Gasteiger partial charge is 0.222 e. The number of likely N-dealkylation sites (N-methyl/N-ethyl adjacent to an activating group) is 1. The third-order valence-electron chi connectivity index (χ3n) is 5.06. The summed E-state index contributed by atoms with van der Waals surface area (Å²) in [6.45, 7) is 12.2. The minimum absolute atomic E-state index is 0.111. The van der Waals surface area contributed by atoms with E-state index >= 15 is 0 Å². The summed E-state index contributed by atoms with van der Waals surface area (Å²) >= 11 is 0. The molecule has 0 aliphatic carbocycles. The first-order valence-electron chi connectivity index (χ1n) is 8.20. The average molecular weight is 307 g/mol. The number of rotatable bonds is 7. The molecule has 1 aliphatic rings. The maximum Gasteiger partial charge on any atom is 0.222 e. The van der Waals surface area contributed by atoms with E-state index in [-0.39, 0.29) is 17.7 Å².